The number of para-hydroxylation sites is 1. The summed E-state index contributed by atoms with van der Waals surface area (Å²) >= 11 is 0. The number of amides is 2. The van der Waals surface area contributed by atoms with Crippen molar-refractivity contribution in [3.05, 3.63) is 65.2 Å². The van der Waals surface area contributed by atoms with Gasteiger partial charge in [0.1, 0.15) is 0 Å². The third-order valence-corrected chi connectivity index (χ3v) is 6.80. The summed E-state index contributed by atoms with van der Waals surface area (Å²) in [5.41, 5.74) is 2.99. The minimum Gasteiger partial charge on any atom is -0.339 e. The standard InChI is InChI=1S/C27H35N3O2/c1-21-14-18-29(19-15-21)20-22-10-12-23(13-11-22)26(31)28-25-9-5-4-8-24(25)27(32)30-16-6-2-3-7-17-30/h4-5,8-13,21H,2-3,6-7,14-20H2,1H3,(H,28,31). The number of rotatable bonds is 5. The van der Waals surface area contributed by atoms with E-state index in [-0.39, 0.29) is 11.8 Å². The highest BCUT2D eigenvalue weighted by atomic mass is 16.2. The van der Waals surface area contributed by atoms with Crippen molar-refractivity contribution in [2.75, 3.05) is 31.5 Å². The molecule has 2 heterocycles. The number of hydrogen-bond donors (Lipinski definition) is 1. The maximum atomic E-state index is 13.1. The summed E-state index contributed by atoms with van der Waals surface area (Å²) in [6, 6.07) is 15.2. The SMILES string of the molecule is CC1CCN(Cc2ccc(C(=O)Nc3ccccc3C(=O)N3CCCCCC3)cc2)CC1. The monoisotopic (exact) mass is 433 g/mol. The molecule has 0 saturated carbocycles. The average Bonchev–Trinajstić information content (AvgIpc) is 3.11. The lowest BCUT2D eigenvalue weighted by Crippen LogP contribution is -2.32. The fourth-order valence-corrected chi connectivity index (χ4v) is 4.66. The molecule has 5 heteroatoms. The average molecular weight is 434 g/mol. The fourth-order valence-electron chi connectivity index (χ4n) is 4.66. The predicted octanol–water partition coefficient (Wildman–Crippen LogP) is 5.19. The third-order valence-electron chi connectivity index (χ3n) is 6.80. The molecule has 2 saturated heterocycles. The first kappa shape index (κ1) is 22.5. The second kappa shape index (κ2) is 10.8. The van der Waals surface area contributed by atoms with Gasteiger partial charge in [0.25, 0.3) is 11.8 Å². The van der Waals surface area contributed by atoms with Crippen LogP contribution in [0.4, 0.5) is 5.69 Å². The van der Waals surface area contributed by atoms with E-state index >= 15 is 0 Å². The normalized spacial score (nSPS) is 18.2. The number of piperidine rings is 1. The first-order valence-electron chi connectivity index (χ1n) is 12.1. The van der Waals surface area contributed by atoms with Gasteiger partial charge in [0.15, 0.2) is 0 Å². The van der Waals surface area contributed by atoms with E-state index in [1.165, 1.54) is 31.2 Å². The van der Waals surface area contributed by atoms with Crippen LogP contribution in [0.2, 0.25) is 0 Å². The molecule has 2 amide bonds. The van der Waals surface area contributed by atoms with Crippen molar-refractivity contribution in [1.82, 2.24) is 9.80 Å². The molecular weight excluding hydrogens is 398 g/mol. The quantitative estimate of drug-likeness (QED) is 0.706. The molecule has 2 fully saturated rings. The Labute approximate surface area is 191 Å². The first-order chi connectivity index (χ1) is 15.6. The van der Waals surface area contributed by atoms with Crippen molar-refractivity contribution < 1.29 is 9.59 Å². The Hall–Kier alpha value is -2.66. The van der Waals surface area contributed by atoms with E-state index in [0.717, 1.165) is 51.5 Å². The second-order valence-electron chi connectivity index (χ2n) is 9.36. The van der Waals surface area contributed by atoms with E-state index in [1.807, 2.05) is 53.4 Å². The summed E-state index contributed by atoms with van der Waals surface area (Å²) in [5.74, 6) is 0.653. The van der Waals surface area contributed by atoms with Gasteiger partial charge in [-0.05, 0) is 74.5 Å². The number of benzene rings is 2. The van der Waals surface area contributed by atoms with Crippen LogP contribution in [-0.4, -0.2) is 47.8 Å². The lowest BCUT2D eigenvalue weighted by Gasteiger charge is -2.30. The van der Waals surface area contributed by atoms with Crippen LogP contribution in [0, 0.1) is 5.92 Å². The molecule has 5 nitrogen and oxygen atoms in total. The van der Waals surface area contributed by atoms with Crippen LogP contribution in [0.3, 0.4) is 0 Å². The van der Waals surface area contributed by atoms with Gasteiger partial charge in [0.2, 0.25) is 0 Å². The largest absolute Gasteiger partial charge is 0.339 e. The van der Waals surface area contributed by atoms with E-state index in [4.69, 9.17) is 0 Å². The van der Waals surface area contributed by atoms with Crippen molar-refractivity contribution >= 4 is 17.5 Å². The van der Waals surface area contributed by atoms with E-state index in [9.17, 15) is 9.59 Å². The maximum Gasteiger partial charge on any atom is 0.255 e. The summed E-state index contributed by atoms with van der Waals surface area (Å²) in [4.78, 5) is 30.4. The van der Waals surface area contributed by atoms with Gasteiger partial charge < -0.3 is 10.2 Å². The zero-order valence-corrected chi connectivity index (χ0v) is 19.2. The molecule has 0 aliphatic carbocycles. The van der Waals surface area contributed by atoms with Crippen molar-refractivity contribution in [2.24, 2.45) is 5.92 Å². The number of hydrogen-bond acceptors (Lipinski definition) is 3. The molecule has 0 unspecified atom stereocenters. The van der Waals surface area contributed by atoms with Crippen LogP contribution in [0.15, 0.2) is 48.5 Å². The van der Waals surface area contributed by atoms with E-state index in [1.54, 1.807) is 0 Å². The molecule has 0 spiro atoms. The Morgan fingerprint density at radius 3 is 2.22 bits per heavy atom. The fraction of sp³-hybridized carbons (Fsp3) is 0.481. The minimum absolute atomic E-state index is 0.00833. The van der Waals surface area contributed by atoms with Gasteiger partial charge in [-0.25, -0.2) is 0 Å². The third kappa shape index (κ3) is 5.77. The van der Waals surface area contributed by atoms with Gasteiger partial charge in [0.05, 0.1) is 11.3 Å². The Balaban J connectivity index is 1.40. The van der Waals surface area contributed by atoms with E-state index < -0.39 is 0 Å². The molecule has 0 bridgehead atoms. The van der Waals surface area contributed by atoms with Crippen LogP contribution in [0.1, 0.15) is 71.7 Å². The Kier molecular flexibility index (Phi) is 7.59. The summed E-state index contributed by atoms with van der Waals surface area (Å²) < 4.78 is 0. The molecule has 1 N–H and O–H groups in total. The Morgan fingerprint density at radius 2 is 1.53 bits per heavy atom. The molecule has 0 radical (unpaired) electrons. The molecule has 2 aliphatic heterocycles. The van der Waals surface area contributed by atoms with Crippen LogP contribution in [0.5, 0.6) is 0 Å². The second-order valence-corrected chi connectivity index (χ2v) is 9.36. The lowest BCUT2D eigenvalue weighted by atomic mass is 9.99. The summed E-state index contributed by atoms with van der Waals surface area (Å²) in [5, 5.41) is 2.97. The molecule has 2 aliphatic rings. The molecule has 2 aromatic rings. The number of nitrogens with zero attached hydrogens (tertiary/aromatic N) is 2. The lowest BCUT2D eigenvalue weighted by molar-refractivity contribution is 0.0762. The molecule has 0 aromatic heterocycles. The maximum absolute atomic E-state index is 13.1. The molecule has 32 heavy (non-hydrogen) atoms. The molecular formula is C27H35N3O2. The smallest absolute Gasteiger partial charge is 0.255 e. The Morgan fingerprint density at radius 1 is 0.875 bits per heavy atom. The summed E-state index contributed by atoms with van der Waals surface area (Å²) in [7, 11) is 0. The van der Waals surface area contributed by atoms with Crippen LogP contribution >= 0.6 is 0 Å². The van der Waals surface area contributed by atoms with Crippen molar-refractivity contribution in [2.45, 2.75) is 52.0 Å². The van der Waals surface area contributed by atoms with Crippen molar-refractivity contribution in [1.29, 1.82) is 0 Å². The number of nitrogens with one attached hydrogen (secondary N) is 1. The molecule has 2 aromatic carbocycles. The summed E-state index contributed by atoms with van der Waals surface area (Å²) in [6.07, 6.45) is 6.96. The van der Waals surface area contributed by atoms with Gasteiger partial charge in [0, 0.05) is 25.2 Å². The van der Waals surface area contributed by atoms with Crippen molar-refractivity contribution in [3.63, 3.8) is 0 Å². The summed E-state index contributed by atoms with van der Waals surface area (Å²) in [6.45, 7) is 7.12. The Bertz CT molecular complexity index is 909. The minimum atomic E-state index is -0.181. The highest BCUT2D eigenvalue weighted by Crippen LogP contribution is 2.22. The van der Waals surface area contributed by atoms with Gasteiger partial charge in [-0.15, -0.1) is 0 Å². The van der Waals surface area contributed by atoms with Gasteiger partial charge >= 0.3 is 0 Å². The predicted molar refractivity (Wildman–Crippen MR) is 129 cm³/mol. The van der Waals surface area contributed by atoms with Gasteiger partial charge in [-0.2, -0.15) is 0 Å². The van der Waals surface area contributed by atoms with E-state index in [2.05, 4.69) is 17.1 Å². The number of likely N-dealkylation sites (tertiary alicyclic amines) is 2. The molecule has 4 rings (SSSR count). The van der Waals surface area contributed by atoms with Crippen molar-refractivity contribution in [3.8, 4) is 0 Å². The molecule has 170 valence electrons. The van der Waals surface area contributed by atoms with Gasteiger partial charge in [-0.1, -0.05) is 44.0 Å². The van der Waals surface area contributed by atoms with Gasteiger partial charge in [-0.3, -0.25) is 14.5 Å². The first-order valence-corrected chi connectivity index (χ1v) is 12.1. The zero-order valence-electron chi connectivity index (χ0n) is 19.2. The van der Waals surface area contributed by atoms with Crippen LogP contribution in [0.25, 0.3) is 0 Å². The topological polar surface area (TPSA) is 52.7 Å². The van der Waals surface area contributed by atoms with Crippen LogP contribution in [-0.2, 0) is 6.54 Å². The molecule has 0 atom stereocenters. The van der Waals surface area contributed by atoms with Crippen LogP contribution < -0.4 is 5.32 Å². The number of anilines is 1. The highest BCUT2D eigenvalue weighted by molar-refractivity contribution is 6.09. The highest BCUT2D eigenvalue weighted by Gasteiger charge is 2.21. The number of carbonyl (C=O) groups excluding carboxylic acids is 2. The number of carbonyl (C=O) groups is 2. The zero-order chi connectivity index (χ0) is 22.3. The van der Waals surface area contributed by atoms with E-state index in [0.29, 0.717) is 16.8 Å².